The molecular weight excluding hydrogens is 282 g/mol. The van der Waals surface area contributed by atoms with E-state index in [4.69, 9.17) is 5.26 Å². The van der Waals surface area contributed by atoms with Crippen LogP contribution in [0.3, 0.4) is 0 Å². The molecule has 108 valence electrons. The summed E-state index contributed by atoms with van der Waals surface area (Å²) in [5.41, 5.74) is -2.24. The molecule has 0 unspecified atom stereocenters. The first-order valence-electron chi connectivity index (χ1n) is 5.39. The lowest BCUT2D eigenvalue weighted by Gasteiger charge is -2.13. The SMILES string of the molecule is CCOC(=O)c1c(C(F)F)ccc(OC(F)F)c1C#N. The topological polar surface area (TPSA) is 59.3 Å². The van der Waals surface area contributed by atoms with Crippen molar-refractivity contribution in [3.8, 4) is 11.8 Å². The first-order valence-corrected chi connectivity index (χ1v) is 5.39. The Morgan fingerprint density at radius 1 is 1.35 bits per heavy atom. The van der Waals surface area contributed by atoms with Gasteiger partial charge in [0.2, 0.25) is 0 Å². The van der Waals surface area contributed by atoms with Gasteiger partial charge in [0.05, 0.1) is 12.2 Å². The third-order valence-electron chi connectivity index (χ3n) is 2.24. The third kappa shape index (κ3) is 3.38. The molecule has 0 spiro atoms. The van der Waals surface area contributed by atoms with Gasteiger partial charge in [-0.1, -0.05) is 0 Å². The number of esters is 1. The highest BCUT2D eigenvalue weighted by molar-refractivity contribution is 5.95. The van der Waals surface area contributed by atoms with Gasteiger partial charge in [0.25, 0.3) is 6.43 Å². The van der Waals surface area contributed by atoms with Crippen LogP contribution in [0.25, 0.3) is 0 Å². The van der Waals surface area contributed by atoms with Gasteiger partial charge in [-0.15, -0.1) is 0 Å². The van der Waals surface area contributed by atoms with Crippen LogP contribution in [0.2, 0.25) is 0 Å². The van der Waals surface area contributed by atoms with Gasteiger partial charge < -0.3 is 9.47 Å². The van der Waals surface area contributed by atoms with Crippen LogP contribution in [0.15, 0.2) is 12.1 Å². The fraction of sp³-hybridized carbons (Fsp3) is 0.333. The summed E-state index contributed by atoms with van der Waals surface area (Å²) in [4.78, 5) is 11.6. The molecule has 1 rings (SSSR count). The van der Waals surface area contributed by atoms with Crippen LogP contribution in [-0.4, -0.2) is 19.2 Å². The molecule has 0 bridgehead atoms. The van der Waals surface area contributed by atoms with E-state index < -0.39 is 41.4 Å². The number of nitrogens with zero attached hydrogens (tertiary/aromatic N) is 1. The van der Waals surface area contributed by atoms with Gasteiger partial charge in [0, 0.05) is 5.56 Å². The Morgan fingerprint density at radius 3 is 2.45 bits per heavy atom. The second-order valence-corrected chi connectivity index (χ2v) is 3.41. The number of benzene rings is 1. The molecule has 0 fully saturated rings. The lowest BCUT2D eigenvalue weighted by Crippen LogP contribution is -2.13. The fourth-order valence-corrected chi connectivity index (χ4v) is 1.51. The largest absolute Gasteiger partial charge is 0.462 e. The van der Waals surface area contributed by atoms with Crippen molar-refractivity contribution in [2.24, 2.45) is 0 Å². The highest BCUT2D eigenvalue weighted by Crippen LogP contribution is 2.32. The molecule has 4 nitrogen and oxygen atoms in total. The normalized spacial score (nSPS) is 10.5. The summed E-state index contributed by atoms with van der Waals surface area (Å²) in [6.45, 7) is -1.94. The van der Waals surface area contributed by atoms with Crippen molar-refractivity contribution >= 4 is 5.97 Å². The molecule has 0 saturated carbocycles. The number of alkyl halides is 4. The van der Waals surface area contributed by atoms with Crippen LogP contribution in [-0.2, 0) is 4.74 Å². The number of halogens is 4. The van der Waals surface area contributed by atoms with Crippen molar-refractivity contribution < 1.29 is 31.8 Å². The molecule has 1 aromatic rings. The van der Waals surface area contributed by atoms with E-state index in [0.717, 1.165) is 12.1 Å². The summed E-state index contributed by atoms with van der Waals surface area (Å²) in [6, 6.07) is 2.94. The zero-order valence-electron chi connectivity index (χ0n) is 10.2. The molecule has 0 saturated heterocycles. The van der Waals surface area contributed by atoms with Gasteiger partial charge in [0.15, 0.2) is 0 Å². The maximum atomic E-state index is 12.8. The highest BCUT2D eigenvalue weighted by Gasteiger charge is 2.27. The molecule has 0 N–H and O–H groups in total. The van der Waals surface area contributed by atoms with Gasteiger partial charge >= 0.3 is 12.6 Å². The molecule has 0 aliphatic carbocycles. The third-order valence-corrected chi connectivity index (χ3v) is 2.24. The Balaban J connectivity index is 3.47. The quantitative estimate of drug-likeness (QED) is 0.617. The standard InChI is InChI=1S/C12H9F4NO3/c1-2-19-11(18)9-6(10(13)14)3-4-8(7(9)5-17)20-12(15)16/h3-4,10,12H,2H2,1H3. The number of carbonyl (C=O) groups is 1. The minimum absolute atomic E-state index is 0.119. The van der Waals surface area contributed by atoms with Gasteiger partial charge in [-0.3, -0.25) is 0 Å². The minimum atomic E-state index is -3.26. The molecule has 8 heteroatoms. The molecule has 0 atom stereocenters. The lowest BCUT2D eigenvalue weighted by atomic mass is 10.0. The second kappa shape index (κ2) is 6.75. The van der Waals surface area contributed by atoms with Crippen molar-refractivity contribution in [1.29, 1.82) is 5.26 Å². The predicted molar refractivity (Wildman–Crippen MR) is 58.7 cm³/mol. The number of carbonyl (C=O) groups excluding carboxylic acids is 1. The second-order valence-electron chi connectivity index (χ2n) is 3.41. The number of ether oxygens (including phenoxy) is 2. The van der Waals surface area contributed by atoms with E-state index in [1.165, 1.54) is 13.0 Å². The molecule has 0 amide bonds. The molecule has 0 aromatic heterocycles. The average molecular weight is 291 g/mol. The maximum Gasteiger partial charge on any atom is 0.387 e. The van der Waals surface area contributed by atoms with Crippen LogP contribution in [0.5, 0.6) is 5.75 Å². The minimum Gasteiger partial charge on any atom is -0.462 e. The maximum absolute atomic E-state index is 12.8. The van der Waals surface area contributed by atoms with E-state index in [2.05, 4.69) is 9.47 Å². The summed E-state index contributed by atoms with van der Waals surface area (Å²) in [5.74, 6) is -1.85. The molecule has 0 aliphatic heterocycles. The molecular formula is C12H9F4NO3. The smallest absolute Gasteiger partial charge is 0.387 e. The summed E-state index contributed by atoms with van der Waals surface area (Å²) in [5, 5.41) is 8.91. The Morgan fingerprint density at radius 2 is 2.00 bits per heavy atom. The first kappa shape index (κ1) is 15.8. The summed E-state index contributed by atoms with van der Waals surface area (Å²) in [7, 11) is 0. The number of rotatable bonds is 5. The number of hydrogen-bond acceptors (Lipinski definition) is 4. The number of hydrogen-bond donors (Lipinski definition) is 0. The molecule has 0 radical (unpaired) electrons. The van der Waals surface area contributed by atoms with E-state index in [-0.39, 0.29) is 6.61 Å². The Labute approximate surface area is 111 Å². The highest BCUT2D eigenvalue weighted by atomic mass is 19.3. The molecule has 20 heavy (non-hydrogen) atoms. The van der Waals surface area contributed by atoms with Crippen LogP contribution in [0.1, 0.15) is 34.8 Å². The van der Waals surface area contributed by atoms with Crippen LogP contribution in [0, 0.1) is 11.3 Å². The monoisotopic (exact) mass is 291 g/mol. The number of nitriles is 1. The van der Waals surface area contributed by atoms with Crippen molar-refractivity contribution in [2.45, 2.75) is 20.0 Å². The van der Waals surface area contributed by atoms with Gasteiger partial charge in [-0.25, -0.2) is 13.6 Å². The van der Waals surface area contributed by atoms with E-state index >= 15 is 0 Å². The van der Waals surface area contributed by atoms with Crippen molar-refractivity contribution in [3.05, 3.63) is 28.8 Å². The van der Waals surface area contributed by atoms with Crippen molar-refractivity contribution in [3.63, 3.8) is 0 Å². The van der Waals surface area contributed by atoms with Crippen molar-refractivity contribution in [1.82, 2.24) is 0 Å². The molecule has 0 heterocycles. The fourth-order valence-electron chi connectivity index (χ4n) is 1.51. The summed E-state index contributed by atoms with van der Waals surface area (Å²) in [6.07, 6.45) is -3.07. The van der Waals surface area contributed by atoms with E-state index in [0.29, 0.717) is 0 Å². The van der Waals surface area contributed by atoms with Gasteiger partial charge in [0.1, 0.15) is 17.4 Å². The van der Waals surface area contributed by atoms with Crippen molar-refractivity contribution in [2.75, 3.05) is 6.61 Å². The van der Waals surface area contributed by atoms with Crippen LogP contribution < -0.4 is 4.74 Å². The first-order chi connectivity index (χ1) is 9.42. The predicted octanol–water partition coefficient (Wildman–Crippen LogP) is 3.27. The Kier molecular flexibility index (Phi) is 5.32. The summed E-state index contributed by atoms with van der Waals surface area (Å²) >= 11 is 0. The van der Waals surface area contributed by atoms with Gasteiger partial charge in [-0.05, 0) is 19.1 Å². The Hall–Kier alpha value is -2.30. The molecule has 0 aliphatic rings. The lowest BCUT2D eigenvalue weighted by molar-refractivity contribution is -0.0501. The van der Waals surface area contributed by atoms with E-state index in [9.17, 15) is 22.4 Å². The Bertz CT molecular complexity index is 540. The zero-order chi connectivity index (χ0) is 15.3. The van der Waals surface area contributed by atoms with Crippen LogP contribution >= 0.6 is 0 Å². The van der Waals surface area contributed by atoms with E-state index in [1.54, 1.807) is 0 Å². The summed E-state index contributed by atoms with van der Waals surface area (Å²) < 4.78 is 58.6. The zero-order valence-corrected chi connectivity index (χ0v) is 10.2. The van der Waals surface area contributed by atoms with E-state index in [1.807, 2.05) is 0 Å². The van der Waals surface area contributed by atoms with Crippen LogP contribution in [0.4, 0.5) is 17.6 Å². The molecule has 1 aromatic carbocycles. The van der Waals surface area contributed by atoms with Gasteiger partial charge in [-0.2, -0.15) is 14.0 Å². The average Bonchev–Trinajstić information content (AvgIpc) is 2.37.